The SMILES string of the molecule is CCOC1(O[C@H]2CC[C@@]3(CO)[C@@H](CC[C@H]4[C@@H]5CC[C@H](O)[C@@]5(C)CC[C@@H]43)C2)CCCCC1. The topological polar surface area (TPSA) is 58.9 Å². The third-order valence-corrected chi connectivity index (χ3v) is 11.0. The summed E-state index contributed by atoms with van der Waals surface area (Å²) in [4.78, 5) is 0. The molecule has 0 aliphatic heterocycles. The van der Waals surface area contributed by atoms with Gasteiger partial charge in [-0.15, -0.1) is 0 Å². The van der Waals surface area contributed by atoms with Crippen molar-refractivity contribution in [1.29, 1.82) is 0 Å². The molecule has 4 nitrogen and oxygen atoms in total. The second-order valence-corrected chi connectivity index (χ2v) is 12.1. The van der Waals surface area contributed by atoms with Crippen LogP contribution < -0.4 is 0 Å². The van der Waals surface area contributed by atoms with Crippen molar-refractivity contribution in [3.63, 3.8) is 0 Å². The molecule has 0 heterocycles. The predicted molar refractivity (Wildman–Crippen MR) is 121 cm³/mol. The highest BCUT2D eigenvalue weighted by molar-refractivity contribution is 5.10. The van der Waals surface area contributed by atoms with Crippen LogP contribution in [0.4, 0.5) is 0 Å². The van der Waals surface area contributed by atoms with Gasteiger partial charge in [-0.3, -0.25) is 0 Å². The zero-order valence-corrected chi connectivity index (χ0v) is 20.0. The average Bonchev–Trinajstić information content (AvgIpc) is 3.09. The molecule has 0 bridgehead atoms. The van der Waals surface area contributed by atoms with Gasteiger partial charge in [-0.05, 0) is 112 Å². The van der Waals surface area contributed by atoms with Crippen molar-refractivity contribution in [3.8, 4) is 0 Å². The van der Waals surface area contributed by atoms with Crippen LogP contribution in [0.2, 0.25) is 0 Å². The fraction of sp³-hybridized carbons (Fsp3) is 1.00. The van der Waals surface area contributed by atoms with E-state index in [0.717, 1.165) is 51.6 Å². The van der Waals surface area contributed by atoms with Crippen molar-refractivity contribution in [1.82, 2.24) is 0 Å². The Bertz CT molecular complexity index is 625. The first-order valence-corrected chi connectivity index (χ1v) is 13.6. The zero-order chi connectivity index (χ0) is 21.7. The lowest BCUT2D eigenvalue weighted by atomic mass is 9.44. The molecule has 178 valence electrons. The molecule has 0 spiro atoms. The number of ether oxygens (including phenoxy) is 2. The summed E-state index contributed by atoms with van der Waals surface area (Å²) in [5.41, 5.74) is 0.207. The Morgan fingerprint density at radius 3 is 2.42 bits per heavy atom. The first-order chi connectivity index (χ1) is 15.0. The van der Waals surface area contributed by atoms with Gasteiger partial charge < -0.3 is 19.7 Å². The molecule has 0 amide bonds. The molecule has 0 radical (unpaired) electrons. The van der Waals surface area contributed by atoms with Crippen LogP contribution in [0.5, 0.6) is 0 Å². The molecular formula is C27H46O4. The highest BCUT2D eigenvalue weighted by atomic mass is 16.7. The Hall–Kier alpha value is -0.160. The summed E-state index contributed by atoms with van der Waals surface area (Å²) in [5, 5.41) is 21.5. The fourth-order valence-corrected chi connectivity index (χ4v) is 9.35. The molecule has 0 saturated heterocycles. The maximum Gasteiger partial charge on any atom is 0.168 e. The second-order valence-electron chi connectivity index (χ2n) is 12.1. The molecule has 0 unspecified atom stereocenters. The van der Waals surface area contributed by atoms with Gasteiger partial charge in [-0.25, -0.2) is 0 Å². The van der Waals surface area contributed by atoms with E-state index >= 15 is 0 Å². The largest absolute Gasteiger partial charge is 0.396 e. The van der Waals surface area contributed by atoms with Gasteiger partial charge in [0.05, 0.1) is 12.2 Å². The van der Waals surface area contributed by atoms with Crippen molar-refractivity contribution in [2.24, 2.45) is 34.5 Å². The van der Waals surface area contributed by atoms with Crippen molar-refractivity contribution < 1.29 is 19.7 Å². The van der Waals surface area contributed by atoms with E-state index in [1.54, 1.807) is 0 Å². The van der Waals surface area contributed by atoms with Crippen LogP contribution in [0, 0.1) is 34.5 Å². The monoisotopic (exact) mass is 434 g/mol. The van der Waals surface area contributed by atoms with Gasteiger partial charge in [0.1, 0.15) is 0 Å². The van der Waals surface area contributed by atoms with Gasteiger partial charge in [0.15, 0.2) is 5.79 Å². The van der Waals surface area contributed by atoms with E-state index in [2.05, 4.69) is 13.8 Å². The Morgan fingerprint density at radius 2 is 1.68 bits per heavy atom. The van der Waals surface area contributed by atoms with Crippen LogP contribution in [0.25, 0.3) is 0 Å². The second kappa shape index (κ2) is 8.56. The maximum absolute atomic E-state index is 10.8. The lowest BCUT2D eigenvalue weighted by Gasteiger charge is -2.61. The molecular weight excluding hydrogens is 388 g/mol. The van der Waals surface area contributed by atoms with Crippen molar-refractivity contribution in [3.05, 3.63) is 0 Å². The Labute approximate surface area is 189 Å². The maximum atomic E-state index is 10.8. The number of fused-ring (bicyclic) bond motifs is 5. The third kappa shape index (κ3) is 3.63. The molecule has 2 N–H and O–H groups in total. The smallest absolute Gasteiger partial charge is 0.168 e. The minimum atomic E-state index is -0.347. The molecule has 5 aliphatic rings. The minimum absolute atomic E-state index is 0.0863. The lowest BCUT2D eigenvalue weighted by molar-refractivity contribution is -0.285. The number of aliphatic hydroxyl groups is 2. The van der Waals surface area contributed by atoms with E-state index in [1.165, 1.54) is 44.9 Å². The van der Waals surface area contributed by atoms with Crippen LogP contribution in [0.15, 0.2) is 0 Å². The summed E-state index contributed by atoms with van der Waals surface area (Å²) in [6.07, 6.45) is 16.3. The first-order valence-electron chi connectivity index (χ1n) is 13.6. The van der Waals surface area contributed by atoms with E-state index in [9.17, 15) is 10.2 Å². The molecule has 5 rings (SSSR count). The van der Waals surface area contributed by atoms with Crippen molar-refractivity contribution in [2.75, 3.05) is 13.2 Å². The Morgan fingerprint density at radius 1 is 0.871 bits per heavy atom. The van der Waals surface area contributed by atoms with Crippen LogP contribution in [-0.2, 0) is 9.47 Å². The van der Waals surface area contributed by atoms with E-state index in [4.69, 9.17) is 9.47 Å². The molecule has 4 heteroatoms. The number of aliphatic hydroxyl groups excluding tert-OH is 2. The summed E-state index contributed by atoms with van der Waals surface area (Å²) in [7, 11) is 0. The standard InChI is InChI=1S/C27H46O4/c1-3-30-27(13-5-4-6-14-27)31-20-11-16-26(18-28)19(17-20)7-8-21-22-9-10-24(29)25(22,2)15-12-23(21)26/h19-24,28-29H,3-18H2,1-2H3/t19-,20-,21-,22-,23-,24-,25-,26+/m0/s1. The van der Waals surface area contributed by atoms with Crippen LogP contribution in [0.3, 0.4) is 0 Å². The number of rotatable bonds is 5. The van der Waals surface area contributed by atoms with Gasteiger partial charge in [0.25, 0.3) is 0 Å². The van der Waals surface area contributed by atoms with Crippen LogP contribution >= 0.6 is 0 Å². The zero-order valence-electron chi connectivity index (χ0n) is 20.0. The molecule has 5 saturated carbocycles. The highest BCUT2D eigenvalue weighted by Crippen LogP contribution is 2.66. The van der Waals surface area contributed by atoms with Gasteiger partial charge in [-0.1, -0.05) is 13.3 Å². The minimum Gasteiger partial charge on any atom is -0.396 e. The molecule has 5 aliphatic carbocycles. The Balaban J connectivity index is 1.31. The molecule has 5 fully saturated rings. The summed E-state index contributed by atoms with van der Waals surface area (Å²) < 4.78 is 13.0. The predicted octanol–water partition coefficient (Wildman–Crippen LogP) is 5.44. The van der Waals surface area contributed by atoms with Gasteiger partial charge in [-0.2, -0.15) is 0 Å². The molecule has 31 heavy (non-hydrogen) atoms. The molecule has 0 aromatic heterocycles. The summed E-state index contributed by atoms with van der Waals surface area (Å²) >= 11 is 0. The summed E-state index contributed by atoms with van der Waals surface area (Å²) in [5.74, 6) is 2.22. The summed E-state index contributed by atoms with van der Waals surface area (Å²) in [6, 6.07) is 0. The van der Waals surface area contributed by atoms with Crippen molar-refractivity contribution in [2.45, 2.75) is 122 Å². The third-order valence-electron chi connectivity index (χ3n) is 11.0. The first kappa shape index (κ1) is 22.6. The number of hydrogen-bond acceptors (Lipinski definition) is 4. The van der Waals surface area contributed by atoms with E-state index < -0.39 is 0 Å². The van der Waals surface area contributed by atoms with E-state index in [0.29, 0.717) is 30.3 Å². The quantitative estimate of drug-likeness (QED) is 0.565. The van der Waals surface area contributed by atoms with Gasteiger partial charge >= 0.3 is 0 Å². The normalized spacial score (nSPS) is 49.2. The van der Waals surface area contributed by atoms with Gasteiger partial charge in [0, 0.05) is 26.1 Å². The lowest BCUT2D eigenvalue weighted by Crippen LogP contribution is -2.57. The van der Waals surface area contributed by atoms with Crippen molar-refractivity contribution >= 4 is 0 Å². The van der Waals surface area contributed by atoms with Crippen LogP contribution in [-0.4, -0.2) is 41.4 Å². The van der Waals surface area contributed by atoms with Gasteiger partial charge in [0.2, 0.25) is 0 Å². The molecule has 0 aromatic carbocycles. The Kier molecular flexibility index (Phi) is 6.25. The molecule has 0 aromatic rings. The summed E-state index contributed by atoms with van der Waals surface area (Å²) in [6.45, 7) is 5.52. The van der Waals surface area contributed by atoms with E-state index in [-0.39, 0.29) is 28.8 Å². The van der Waals surface area contributed by atoms with E-state index in [1.807, 2.05) is 0 Å². The average molecular weight is 435 g/mol. The molecule has 8 atom stereocenters. The number of hydrogen-bond donors (Lipinski definition) is 2. The van der Waals surface area contributed by atoms with Crippen LogP contribution in [0.1, 0.15) is 104 Å². The highest BCUT2D eigenvalue weighted by Gasteiger charge is 2.61. The fourth-order valence-electron chi connectivity index (χ4n) is 9.35.